The van der Waals surface area contributed by atoms with Gasteiger partial charge >= 0.3 is 0 Å². The number of hydrogen-bond acceptors (Lipinski definition) is 2. The van der Waals surface area contributed by atoms with Crippen LogP contribution in [0.2, 0.25) is 5.02 Å². The fourth-order valence-corrected chi connectivity index (χ4v) is 2.36. The minimum Gasteiger partial charge on any atom is -0.495 e. The average molecular weight is 277 g/mol. The highest BCUT2D eigenvalue weighted by atomic mass is 35.5. The molecular weight excluding hydrogens is 260 g/mol. The topological polar surface area (TPSA) is 29.5 Å². The van der Waals surface area contributed by atoms with E-state index >= 15 is 0 Å². The van der Waals surface area contributed by atoms with Crippen molar-refractivity contribution in [2.45, 2.75) is 18.9 Å². The summed E-state index contributed by atoms with van der Waals surface area (Å²) in [6.07, 6.45) is -0.592. The zero-order valence-corrected chi connectivity index (χ0v) is 11.8. The first-order valence-electron chi connectivity index (χ1n) is 6.20. The Morgan fingerprint density at radius 3 is 2.32 bits per heavy atom. The molecule has 2 atom stereocenters. The second-order valence-electron chi connectivity index (χ2n) is 4.54. The molecule has 2 rings (SSSR count). The van der Waals surface area contributed by atoms with E-state index in [9.17, 15) is 5.11 Å². The predicted molar refractivity (Wildman–Crippen MR) is 77.8 cm³/mol. The highest BCUT2D eigenvalue weighted by Gasteiger charge is 2.19. The molecule has 100 valence electrons. The molecule has 0 heterocycles. The van der Waals surface area contributed by atoms with Crippen LogP contribution in [0.15, 0.2) is 48.5 Å². The number of ether oxygens (including phenoxy) is 1. The van der Waals surface area contributed by atoms with Gasteiger partial charge in [-0.1, -0.05) is 54.9 Å². The van der Waals surface area contributed by atoms with Gasteiger partial charge in [-0.05, 0) is 23.3 Å². The lowest BCUT2D eigenvalue weighted by Crippen LogP contribution is -2.07. The summed E-state index contributed by atoms with van der Waals surface area (Å²) in [7, 11) is 1.57. The van der Waals surface area contributed by atoms with Gasteiger partial charge in [0.2, 0.25) is 0 Å². The second kappa shape index (κ2) is 6.09. The minimum absolute atomic E-state index is 0.00524. The van der Waals surface area contributed by atoms with Crippen molar-refractivity contribution in [3.05, 3.63) is 64.7 Å². The molecule has 0 aromatic heterocycles. The van der Waals surface area contributed by atoms with Gasteiger partial charge in [0.15, 0.2) is 0 Å². The molecule has 0 aliphatic carbocycles. The molecule has 2 aromatic rings. The van der Waals surface area contributed by atoms with Crippen molar-refractivity contribution in [2.75, 3.05) is 7.11 Å². The second-order valence-corrected chi connectivity index (χ2v) is 4.95. The highest BCUT2D eigenvalue weighted by Crippen LogP contribution is 2.34. The standard InChI is InChI=1S/C16H17ClO2/c1-11(12-6-4-3-5-7-12)16(18)13-8-9-15(19-2)14(17)10-13/h3-11,16,18H,1-2H3. The quantitative estimate of drug-likeness (QED) is 0.907. The molecule has 0 saturated heterocycles. The maximum absolute atomic E-state index is 10.4. The van der Waals surface area contributed by atoms with Crippen molar-refractivity contribution < 1.29 is 9.84 Å². The van der Waals surface area contributed by atoms with Crippen molar-refractivity contribution >= 4 is 11.6 Å². The third-order valence-corrected chi connectivity index (χ3v) is 3.61. The summed E-state index contributed by atoms with van der Waals surface area (Å²) in [5.74, 6) is 0.621. The van der Waals surface area contributed by atoms with Crippen LogP contribution in [0, 0.1) is 0 Å². The summed E-state index contributed by atoms with van der Waals surface area (Å²) in [5.41, 5.74) is 1.89. The molecule has 2 aromatic carbocycles. The molecule has 0 fully saturated rings. The van der Waals surface area contributed by atoms with Crippen molar-refractivity contribution in [1.29, 1.82) is 0 Å². The molecule has 19 heavy (non-hydrogen) atoms. The fraction of sp³-hybridized carbons (Fsp3) is 0.250. The van der Waals surface area contributed by atoms with Gasteiger partial charge in [-0.15, -0.1) is 0 Å². The van der Waals surface area contributed by atoms with E-state index in [4.69, 9.17) is 16.3 Å². The lowest BCUT2D eigenvalue weighted by molar-refractivity contribution is 0.151. The number of halogens is 1. The third kappa shape index (κ3) is 3.09. The van der Waals surface area contributed by atoms with Gasteiger partial charge in [0.1, 0.15) is 5.75 Å². The van der Waals surface area contributed by atoms with Crippen LogP contribution in [0.1, 0.15) is 30.1 Å². The van der Waals surface area contributed by atoms with E-state index in [1.807, 2.05) is 43.3 Å². The number of hydrogen-bond donors (Lipinski definition) is 1. The lowest BCUT2D eigenvalue weighted by Gasteiger charge is -2.20. The van der Waals surface area contributed by atoms with Crippen molar-refractivity contribution in [3.63, 3.8) is 0 Å². The van der Waals surface area contributed by atoms with Crippen LogP contribution < -0.4 is 4.74 Å². The number of methoxy groups -OCH3 is 1. The Balaban J connectivity index is 2.24. The Bertz CT molecular complexity index is 540. The maximum Gasteiger partial charge on any atom is 0.137 e. The molecule has 2 unspecified atom stereocenters. The van der Waals surface area contributed by atoms with E-state index in [0.717, 1.165) is 11.1 Å². The van der Waals surface area contributed by atoms with E-state index < -0.39 is 6.10 Å². The number of rotatable bonds is 4. The molecule has 1 N–H and O–H groups in total. The van der Waals surface area contributed by atoms with Gasteiger partial charge in [-0.3, -0.25) is 0 Å². The Kier molecular flexibility index (Phi) is 4.46. The van der Waals surface area contributed by atoms with E-state index in [-0.39, 0.29) is 5.92 Å². The molecule has 0 amide bonds. The highest BCUT2D eigenvalue weighted by molar-refractivity contribution is 6.32. The zero-order chi connectivity index (χ0) is 13.8. The van der Waals surface area contributed by atoms with Crippen LogP contribution in [0.25, 0.3) is 0 Å². The summed E-state index contributed by atoms with van der Waals surface area (Å²) in [4.78, 5) is 0. The van der Waals surface area contributed by atoms with Gasteiger partial charge in [-0.25, -0.2) is 0 Å². The first kappa shape index (κ1) is 13.9. The smallest absolute Gasteiger partial charge is 0.137 e. The van der Waals surface area contributed by atoms with Gasteiger partial charge in [0.05, 0.1) is 18.2 Å². The van der Waals surface area contributed by atoms with E-state index in [1.54, 1.807) is 19.2 Å². The Morgan fingerprint density at radius 1 is 1.05 bits per heavy atom. The summed E-state index contributed by atoms with van der Waals surface area (Å²) >= 11 is 6.09. The maximum atomic E-state index is 10.4. The largest absolute Gasteiger partial charge is 0.495 e. The van der Waals surface area contributed by atoms with Gasteiger partial charge < -0.3 is 9.84 Å². The van der Waals surface area contributed by atoms with Crippen LogP contribution >= 0.6 is 11.6 Å². The fourth-order valence-electron chi connectivity index (χ4n) is 2.09. The normalized spacial score (nSPS) is 13.9. The first-order chi connectivity index (χ1) is 9.13. The van der Waals surface area contributed by atoms with E-state index in [2.05, 4.69) is 0 Å². The van der Waals surface area contributed by atoms with Crippen LogP contribution in [0.5, 0.6) is 5.75 Å². The monoisotopic (exact) mass is 276 g/mol. The van der Waals surface area contributed by atoms with E-state index in [1.165, 1.54) is 0 Å². The summed E-state index contributed by atoms with van der Waals surface area (Å²) in [6.45, 7) is 2.00. The average Bonchev–Trinajstić information content (AvgIpc) is 2.46. The van der Waals surface area contributed by atoms with Crippen LogP contribution in [0.3, 0.4) is 0 Å². The Hall–Kier alpha value is -1.51. The summed E-state index contributed by atoms with van der Waals surface area (Å²) in [5, 5.41) is 10.9. The molecule has 0 saturated carbocycles. The molecule has 0 aliphatic rings. The third-order valence-electron chi connectivity index (χ3n) is 3.32. The first-order valence-corrected chi connectivity index (χ1v) is 6.57. The molecule has 3 heteroatoms. The van der Waals surface area contributed by atoms with Crippen LogP contribution in [0.4, 0.5) is 0 Å². The van der Waals surface area contributed by atoms with Crippen LogP contribution in [-0.4, -0.2) is 12.2 Å². The lowest BCUT2D eigenvalue weighted by atomic mass is 9.91. The SMILES string of the molecule is COc1ccc(C(O)C(C)c2ccccc2)cc1Cl. The number of benzene rings is 2. The summed E-state index contributed by atoms with van der Waals surface area (Å²) in [6, 6.07) is 15.3. The molecule has 0 bridgehead atoms. The van der Waals surface area contributed by atoms with Crippen LogP contribution in [-0.2, 0) is 0 Å². The van der Waals surface area contributed by atoms with Gasteiger partial charge in [0.25, 0.3) is 0 Å². The predicted octanol–water partition coefficient (Wildman–Crippen LogP) is 4.19. The molecule has 0 spiro atoms. The zero-order valence-electron chi connectivity index (χ0n) is 11.0. The van der Waals surface area contributed by atoms with Crippen molar-refractivity contribution in [1.82, 2.24) is 0 Å². The molecular formula is C16H17ClO2. The van der Waals surface area contributed by atoms with E-state index in [0.29, 0.717) is 10.8 Å². The number of aliphatic hydroxyl groups is 1. The van der Waals surface area contributed by atoms with Gasteiger partial charge in [0, 0.05) is 5.92 Å². The molecule has 2 nitrogen and oxygen atoms in total. The molecule has 0 radical (unpaired) electrons. The van der Waals surface area contributed by atoms with Crippen molar-refractivity contribution in [3.8, 4) is 5.75 Å². The number of aliphatic hydroxyl groups excluding tert-OH is 1. The van der Waals surface area contributed by atoms with Crippen molar-refractivity contribution in [2.24, 2.45) is 0 Å². The summed E-state index contributed by atoms with van der Waals surface area (Å²) < 4.78 is 5.11. The van der Waals surface area contributed by atoms with Gasteiger partial charge in [-0.2, -0.15) is 0 Å². The molecule has 0 aliphatic heterocycles. The Labute approximate surface area is 118 Å². The Morgan fingerprint density at radius 2 is 1.74 bits per heavy atom. The minimum atomic E-state index is -0.592.